The van der Waals surface area contributed by atoms with E-state index >= 15 is 0 Å². The molecule has 0 amide bonds. The summed E-state index contributed by atoms with van der Waals surface area (Å²) in [7, 11) is 0. The second kappa shape index (κ2) is 11.7. The second-order valence-corrected chi connectivity index (χ2v) is 7.84. The fraction of sp³-hybridized carbons (Fsp3) is 0.458. The minimum absolute atomic E-state index is 0. The summed E-state index contributed by atoms with van der Waals surface area (Å²) in [5, 5.41) is 9.37. The summed E-state index contributed by atoms with van der Waals surface area (Å²) in [5.41, 5.74) is 3.08. The molecule has 1 heterocycles. The molecule has 1 radical (unpaired) electrons. The van der Waals surface area contributed by atoms with Crippen LogP contribution in [-0.2, 0) is 39.3 Å². The van der Waals surface area contributed by atoms with Crippen molar-refractivity contribution in [1.82, 2.24) is 0 Å². The maximum atomic E-state index is 9.37. The molecule has 1 saturated heterocycles. The Morgan fingerprint density at radius 3 is 2.29 bits per heavy atom. The van der Waals surface area contributed by atoms with Crippen LogP contribution in [0.3, 0.4) is 0 Å². The smallest absolute Gasteiger partial charge is 0.140 e. The Bertz CT molecular complexity index is 762. The summed E-state index contributed by atoms with van der Waals surface area (Å²) in [6, 6.07) is 18.9. The first-order chi connectivity index (χ1) is 13.2. The molecular weight excluding hydrogens is 421 g/mol. The van der Waals surface area contributed by atoms with E-state index in [-0.39, 0.29) is 32.7 Å². The zero-order valence-electron chi connectivity index (χ0n) is 17.1. The Morgan fingerprint density at radius 1 is 0.929 bits per heavy atom. The van der Waals surface area contributed by atoms with Crippen LogP contribution in [0.5, 0.6) is 5.75 Å². The number of nitrogens with zero attached hydrogens (tertiary/aromatic N) is 2. The number of hydrogen-bond acceptors (Lipinski definition) is 2. The largest absolute Gasteiger partial charge is 0.486 e. The van der Waals surface area contributed by atoms with E-state index in [1.165, 1.54) is 50.8 Å². The first kappa shape index (κ1) is 23.1. The van der Waals surface area contributed by atoms with Crippen molar-refractivity contribution in [2.24, 2.45) is 0 Å². The molecule has 3 nitrogen and oxygen atoms in total. The van der Waals surface area contributed by atoms with Crippen LogP contribution in [0.2, 0.25) is 0 Å². The van der Waals surface area contributed by atoms with Crippen molar-refractivity contribution in [3.63, 3.8) is 0 Å². The van der Waals surface area contributed by atoms with Gasteiger partial charge >= 0.3 is 0 Å². The van der Waals surface area contributed by atoms with E-state index < -0.39 is 0 Å². The number of aryl methyl sites for hydroxylation is 1. The van der Waals surface area contributed by atoms with Crippen molar-refractivity contribution in [1.29, 1.82) is 5.26 Å². The van der Waals surface area contributed by atoms with E-state index in [4.69, 9.17) is 4.74 Å². The number of benzene rings is 2. The SMILES string of the molecule is Cc1cccc(C#N)c1OCC[N+]1(Cc2ccccc2)CCCCCCC1.[Y]. The normalized spacial score (nSPS) is 16.1. The van der Waals surface area contributed by atoms with Crippen LogP contribution in [-0.4, -0.2) is 30.7 Å². The van der Waals surface area contributed by atoms with Crippen LogP contribution in [0.1, 0.15) is 48.8 Å². The van der Waals surface area contributed by atoms with Gasteiger partial charge in [0.2, 0.25) is 0 Å². The molecule has 0 atom stereocenters. The van der Waals surface area contributed by atoms with Gasteiger partial charge in [-0.3, -0.25) is 0 Å². The van der Waals surface area contributed by atoms with Gasteiger partial charge in [-0.25, -0.2) is 0 Å². The number of nitriles is 1. The molecule has 0 unspecified atom stereocenters. The second-order valence-electron chi connectivity index (χ2n) is 7.84. The summed E-state index contributed by atoms with van der Waals surface area (Å²) in [6.45, 7) is 7.18. The molecule has 0 aromatic heterocycles. The van der Waals surface area contributed by atoms with Gasteiger partial charge in [-0.2, -0.15) is 5.26 Å². The number of para-hydroxylation sites is 1. The van der Waals surface area contributed by atoms with Crippen LogP contribution in [0.25, 0.3) is 0 Å². The van der Waals surface area contributed by atoms with Crippen LogP contribution in [0.4, 0.5) is 0 Å². The summed E-state index contributed by atoms with van der Waals surface area (Å²) in [6.07, 6.45) is 6.63. The van der Waals surface area contributed by atoms with E-state index in [1.54, 1.807) is 0 Å². The van der Waals surface area contributed by atoms with Crippen LogP contribution < -0.4 is 4.74 Å². The molecule has 1 aliphatic heterocycles. The molecule has 145 valence electrons. The van der Waals surface area contributed by atoms with Gasteiger partial charge in [0.05, 0.1) is 18.7 Å². The monoisotopic (exact) mass is 452 g/mol. The fourth-order valence-electron chi connectivity index (χ4n) is 4.24. The van der Waals surface area contributed by atoms with Crippen molar-refractivity contribution in [2.75, 3.05) is 26.2 Å². The molecule has 0 bridgehead atoms. The van der Waals surface area contributed by atoms with Crippen molar-refractivity contribution in [3.05, 3.63) is 65.2 Å². The maximum absolute atomic E-state index is 9.37. The molecule has 0 spiro atoms. The molecule has 2 aromatic rings. The number of rotatable bonds is 6. The minimum Gasteiger partial charge on any atom is -0.486 e. The maximum Gasteiger partial charge on any atom is 0.140 e. The quantitative estimate of drug-likeness (QED) is 0.563. The summed E-state index contributed by atoms with van der Waals surface area (Å²) < 4.78 is 7.25. The van der Waals surface area contributed by atoms with Crippen LogP contribution in [0, 0.1) is 18.3 Å². The molecule has 1 fully saturated rings. The van der Waals surface area contributed by atoms with Crippen molar-refractivity contribution in [2.45, 2.75) is 45.6 Å². The van der Waals surface area contributed by atoms with Crippen molar-refractivity contribution >= 4 is 0 Å². The molecule has 4 heteroatoms. The molecule has 0 aliphatic carbocycles. The number of ether oxygens (including phenoxy) is 1. The zero-order chi connectivity index (χ0) is 19.0. The van der Waals surface area contributed by atoms with E-state index in [1.807, 2.05) is 25.1 Å². The fourth-order valence-corrected chi connectivity index (χ4v) is 4.24. The van der Waals surface area contributed by atoms with Gasteiger partial charge in [-0.15, -0.1) is 0 Å². The first-order valence-electron chi connectivity index (χ1n) is 10.2. The van der Waals surface area contributed by atoms with E-state index in [0.717, 1.165) is 28.9 Å². The molecule has 2 aromatic carbocycles. The Balaban J connectivity index is 0.00000280. The van der Waals surface area contributed by atoms with E-state index in [0.29, 0.717) is 12.2 Å². The van der Waals surface area contributed by atoms with E-state index in [9.17, 15) is 5.26 Å². The van der Waals surface area contributed by atoms with Crippen LogP contribution in [0.15, 0.2) is 48.5 Å². The van der Waals surface area contributed by atoms with Gasteiger partial charge in [0.25, 0.3) is 0 Å². The summed E-state index contributed by atoms with van der Waals surface area (Å²) in [4.78, 5) is 0. The van der Waals surface area contributed by atoms with E-state index in [2.05, 4.69) is 36.4 Å². The predicted molar refractivity (Wildman–Crippen MR) is 109 cm³/mol. The Kier molecular flexibility index (Phi) is 9.65. The third kappa shape index (κ3) is 6.41. The molecular formula is C24H31N2OY+. The standard InChI is InChI=1S/C24H31N2O.Y/c1-21-11-10-14-23(19-25)24(21)27-18-17-26(15-8-3-2-4-9-16-26)20-22-12-6-5-7-13-22;/h5-7,10-14H,2-4,8-9,15-18,20H2,1H3;/q+1;. The van der Waals surface area contributed by atoms with Gasteiger partial charge in [0.15, 0.2) is 0 Å². The zero-order valence-corrected chi connectivity index (χ0v) is 19.9. The predicted octanol–water partition coefficient (Wildman–Crippen LogP) is 5.22. The molecule has 28 heavy (non-hydrogen) atoms. The van der Waals surface area contributed by atoms with Gasteiger partial charge in [0.1, 0.15) is 31.5 Å². The summed E-state index contributed by atoms with van der Waals surface area (Å²) in [5.74, 6) is 0.755. The Hall–Kier alpha value is -1.21. The Morgan fingerprint density at radius 2 is 1.61 bits per heavy atom. The molecule has 1 aliphatic rings. The number of hydrogen-bond donors (Lipinski definition) is 0. The number of likely N-dealkylation sites (tertiary alicyclic amines) is 1. The van der Waals surface area contributed by atoms with Gasteiger partial charge in [-0.05, 0) is 44.2 Å². The van der Waals surface area contributed by atoms with Gasteiger partial charge in [-0.1, -0.05) is 48.9 Å². The van der Waals surface area contributed by atoms with Crippen molar-refractivity contribution in [3.8, 4) is 11.8 Å². The number of quaternary nitrogens is 1. The molecule has 0 N–H and O–H groups in total. The third-order valence-electron chi connectivity index (χ3n) is 5.77. The van der Waals surface area contributed by atoms with Crippen LogP contribution >= 0.6 is 0 Å². The molecule has 3 rings (SSSR count). The molecule has 0 saturated carbocycles. The first-order valence-corrected chi connectivity index (χ1v) is 10.2. The summed E-state index contributed by atoms with van der Waals surface area (Å²) >= 11 is 0. The van der Waals surface area contributed by atoms with Gasteiger partial charge in [0, 0.05) is 38.3 Å². The average Bonchev–Trinajstić information content (AvgIpc) is 2.67. The minimum atomic E-state index is 0. The topological polar surface area (TPSA) is 33.0 Å². The van der Waals surface area contributed by atoms with Crippen molar-refractivity contribution < 1.29 is 41.9 Å². The third-order valence-corrected chi connectivity index (χ3v) is 5.77. The van der Waals surface area contributed by atoms with Gasteiger partial charge < -0.3 is 9.22 Å². The Labute approximate surface area is 195 Å². The average molecular weight is 452 g/mol.